The fourth-order valence-electron chi connectivity index (χ4n) is 4.02. The molecule has 0 aliphatic carbocycles. The van der Waals surface area contributed by atoms with Crippen LogP contribution in [0.2, 0.25) is 0 Å². The first-order valence-corrected chi connectivity index (χ1v) is 12.3. The highest BCUT2D eigenvalue weighted by atomic mass is 16.5. The van der Waals surface area contributed by atoms with E-state index in [9.17, 15) is 9.59 Å². The topological polar surface area (TPSA) is 72.6 Å². The van der Waals surface area contributed by atoms with Gasteiger partial charge in [-0.15, -0.1) is 0 Å². The van der Waals surface area contributed by atoms with Gasteiger partial charge in [-0.2, -0.15) is 0 Å². The second kappa shape index (κ2) is 17.7. The van der Waals surface area contributed by atoms with Crippen LogP contribution in [0.15, 0.2) is 0 Å². The van der Waals surface area contributed by atoms with Crippen molar-refractivity contribution in [3.8, 4) is 0 Å². The van der Waals surface area contributed by atoms with Crippen LogP contribution in [0.1, 0.15) is 110 Å². The molecule has 1 saturated heterocycles. The predicted molar refractivity (Wildman–Crippen MR) is 120 cm³/mol. The fraction of sp³-hybridized carbons (Fsp3) is 0.917. The Kier molecular flexibility index (Phi) is 15.9. The number of nitrogens with two attached hydrogens (primary N) is 1. The number of ether oxygens (including phenoxy) is 1. The number of likely N-dealkylation sites (tertiary alicyclic amines) is 1. The largest absolute Gasteiger partial charge is 0.465 e. The molecule has 0 spiro atoms. The van der Waals surface area contributed by atoms with E-state index >= 15 is 0 Å². The molecule has 5 heteroatoms. The van der Waals surface area contributed by atoms with Crippen LogP contribution in [0.4, 0.5) is 0 Å². The summed E-state index contributed by atoms with van der Waals surface area (Å²) in [5, 5.41) is 0. The number of rotatable bonds is 19. The Bertz CT molecular complexity index is 428. The minimum absolute atomic E-state index is 0.0527. The second-order valence-corrected chi connectivity index (χ2v) is 8.65. The van der Waals surface area contributed by atoms with Gasteiger partial charge in [0, 0.05) is 19.5 Å². The normalized spacial score (nSPS) is 16.6. The minimum Gasteiger partial charge on any atom is -0.465 e. The summed E-state index contributed by atoms with van der Waals surface area (Å²) in [4.78, 5) is 25.7. The maximum Gasteiger partial charge on any atom is 0.311 e. The molecule has 1 aliphatic rings. The lowest BCUT2D eigenvalue weighted by Crippen LogP contribution is -2.29. The molecule has 1 atom stereocenters. The number of esters is 1. The monoisotopic (exact) mass is 410 g/mol. The van der Waals surface area contributed by atoms with Crippen molar-refractivity contribution in [1.29, 1.82) is 0 Å². The molecular formula is C24H46N2O3. The lowest BCUT2D eigenvalue weighted by molar-refractivity contribution is -0.148. The van der Waals surface area contributed by atoms with Crippen molar-refractivity contribution in [1.82, 2.24) is 4.90 Å². The molecule has 1 aliphatic heterocycles. The Morgan fingerprint density at radius 3 is 1.93 bits per heavy atom. The van der Waals surface area contributed by atoms with Gasteiger partial charge in [0.25, 0.3) is 0 Å². The molecule has 29 heavy (non-hydrogen) atoms. The highest BCUT2D eigenvalue weighted by Gasteiger charge is 2.34. The minimum atomic E-state index is -0.285. The molecule has 0 aromatic heterocycles. The van der Waals surface area contributed by atoms with Gasteiger partial charge in [-0.25, -0.2) is 0 Å². The first-order valence-electron chi connectivity index (χ1n) is 12.3. The fourth-order valence-corrected chi connectivity index (χ4v) is 4.02. The van der Waals surface area contributed by atoms with Crippen molar-refractivity contribution in [3.05, 3.63) is 0 Å². The summed E-state index contributed by atoms with van der Waals surface area (Å²) in [6, 6.07) is 0. The highest BCUT2D eigenvalue weighted by Crippen LogP contribution is 2.19. The number of hydrogen-bond donors (Lipinski definition) is 1. The standard InChI is InChI=1S/C24H46N2O3/c1-2-3-4-5-6-7-8-9-10-11-12-13-14-15-19-29-24(28)22-20-23(27)26(21-22)18-16-17-25/h22H,2-21,25H2,1H3. The van der Waals surface area contributed by atoms with E-state index < -0.39 is 0 Å². The molecule has 1 amide bonds. The molecule has 1 unspecified atom stereocenters. The molecule has 0 radical (unpaired) electrons. The van der Waals surface area contributed by atoms with Crippen LogP contribution in [-0.4, -0.2) is 43.0 Å². The zero-order valence-electron chi connectivity index (χ0n) is 19.0. The molecule has 1 heterocycles. The first kappa shape index (κ1) is 25.9. The SMILES string of the molecule is CCCCCCCCCCCCCCCCOC(=O)C1CC(=O)N(CCCN)C1. The molecular weight excluding hydrogens is 364 g/mol. The van der Waals surface area contributed by atoms with Gasteiger partial charge < -0.3 is 15.4 Å². The molecule has 0 aromatic carbocycles. The van der Waals surface area contributed by atoms with Gasteiger partial charge in [0.2, 0.25) is 5.91 Å². The molecule has 5 nitrogen and oxygen atoms in total. The van der Waals surface area contributed by atoms with E-state index in [1.807, 2.05) is 0 Å². The van der Waals surface area contributed by atoms with Crippen molar-refractivity contribution >= 4 is 11.9 Å². The Balaban J connectivity index is 1.86. The van der Waals surface area contributed by atoms with Gasteiger partial charge in [-0.1, -0.05) is 90.4 Å². The first-order chi connectivity index (χ1) is 14.2. The van der Waals surface area contributed by atoms with Crippen LogP contribution in [-0.2, 0) is 14.3 Å². The van der Waals surface area contributed by atoms with E-state index in [0.29, 0.717) is 32.7 Å². The molecule has 1 fully saturated rings. The number of amides is 1. The summed E-state index contributed by atoms with van der Waals surface area (Å²) >= 11 is 0. The second-order valence-electron chi connectivity index (χ2n) is 8.65. The Labute approximate surface area is 179 Å². The van der Waals surface area contributed by atoms with Crippen LogP contribution in [0.5, 0.6) is 0 Å². The van der Waals surface area contributed by atoms with E-state index in [0.717, 1.165) is 19.3 Å². The molecule has 0 saturated carbocycles. The van der Waals surface area contributed by atoms with Gasteiger partial charge in [0.05, 0.1) is 12.5 Å². The lowest BCUT2D eigenvalue weighted by atomic mass is 10.0. The Morgan fingerprint density at radius 1 is 0.897 bits per heavy atom. The molecule has 1 rings (SSSR count). The summed E-state index contributed by atoms with van der Waals surface area (Å²) in [7, 11) is 0. The van der Waals surface area contributed by atoms with Crippen LogP contribution in [0, 0.1) is 5.92 Å². The zero-order valence-corrected chi connectivity index (χ0v) is 19.0. The van der Waals surface area contributed by atoms with E-state index in [4.69, 9.17) is 10.5 Å². The van der Waals surface area contributed by atoms with Gasteiger partial charge in [0.15, 0.2) is 0 Å². The maximum absolute atomic E-state index is 12.1. The third-order valence-corrected chi connectivity index (χ3v) is 5.92. The van der Waals surface area contributed by atoms with Gasteiger partial charge in [-0.3, -0.25) is 9.59 Å². The molecule has 170 valence electrons. The summed E-state index contributed by atoms with van der Waals surface area (Å²) in [5.41, 5.74) is 5.49. The highest BCUT2D eigenvalue weighted by molar-refractivity contribution is 5.86. The van der Waals surface area contributed by atoms with Crippen molar-refractivity contribution in [3.63, 3.8) is 0 Å². The van der Waals surface area contributed by atoms with Gasteiger partial charge >= 0.3 is 5.97 Å². The lowest BCUT2D eigenvalue weighted by Gasteiger charge is -2.15. The Morgan fingerprint density at radius 2 is 1.41 bits per heavy atom. The Hall–Kier alpha value is -1.10. The van der Waals surface area contributed by atoms with E-state index in [1.165, 1.54) is 77.0 Å². The molecule has 2 N–H and O–H groups in total. The molecule has 0 aromatic rings. The third kappa shape index (κ3) is 12.9. The van der Waals surface area contributed by atoms with Crippen molar-refractivity contribution in [2.75, 3.05) is 26.2 Å². The number of carbonyl (C=O) groups excluding carboxylic acids is 2. The maximum atomic E-state index is 12.1. The van der Waals surface area contributed by atoms with Crippen molar-refractivity contribution in [2.45, 2.75) is 110 Å². The van der Waals surface area contributed by atoms with E-state index in [1.54, 1.807) is 4.90 Å². The van der Waals surface area contributed by atoms with Crippen LogP contribution in [0.25, 0.3) is 0 Å². The summed E-state index contributed by atoms with van der Waals surface area (Å²) < 4.78 is 5.39. The van der Waals surface area contributed by atoms with E-state index in [-0.39, 0.29) is 17.8 Å². The van der Waals surface area contributed by atoms with Crippen molar-refractivity contribution < 1.29 is 14.3 Å². The van der Waals surface area contributed by atoms with Crippen LogP contribution in [0.3, 0.4) is 0 Å². The van der Waals surface area contributed by atoms with Gasteiger partial charge in [0.1, 0.15) is 0 Å². The summed E-state index contributed by atoms with van der Waals surface area (Å²) in [5.74, 6) is -0.438. The summed E-state index contributed by atoms with van der Waals surface area (Å²) in [6.07, 6.45) is 19.5. The number of carbonyl (C=O) groups is 2. The quantitative estimate of drug-likeness (QED) is 0.234. The van der Waals surface area contributed by atoms with Crippen LogP contribution < -0.4 is 5.73 Å². The number of unbranched alkanes of at least 4 members (excludes halogenated alkanes) is 13. The van der Waals surface area contributed by atoms with E-state index in [2.05, 4.69) is 6.92 Å². The smallest absolute Gasteiger partial charge is 0.311 e. The van der Waals surface area contributed by atoms with Gasteiger partial charge in [-0.05, 0) is 19.4 Å². The van der Waals surface area contributed by atoms with Crippen LogP contribution >= 0.6 is 0 Å². The van der Waals surface area contributed by atoms with Crippen molar-refractivity contribution in [2.24, 2.45) is 11.7 Å². The number of hydrogen-bond acceptors (Lipinski definition) is 4. The molecule has 0 bridgehead atoms. The zero-order chi connectivity index (χ0) is 21.2. The predicted octanol–water partition coefficient (Wildman–Crippen LogP) is 5.21. The third-order valence-electron chi connectivity index (χ3n) is 5.92. The number of nitrogens with zero attached hydrogens (tertiary/aromatic N) is 1. The average molecular weight is 411 g/mol. The summed E-state index contributed by atoms with van der Waals surface area (Å²) in [6.45, 7) is 4.47. The average Bonchev–Trinajstić information content (AvgIpc) is 3.09.